The van der Waals surface area contributed by atoms with Gasteiger partial charge in [0.2, 0.25) is 5.91 Å². The van der Waals surface area contributed by atoms with E-state index in [1.807, 2.05) is 0 Å². The number of nitrogens with two attached hydrogens (primary N) is 1. The maximum atomic E-state index is 11.8. The van der Waals surface area contributed by atoms with Crippen LogP contribution in [0.5, 0.6) is 11.5 Å². The molecule has 1 aromatic rings. The molecule has 112 valence electrons. The summed E-state index contributed by atoms with van der Waals surface area (Å²) in [4.78, 5) is 22.7. The second-order valence-corrected chi connectivity index (χ2v) is 4.44. The summed E-state index contributed by atoms with van der Waals surface area (Å²) in [6, 6.07) is 1.85. The highest BCUT2D eigenvalue weighted by Crippen LogP contribution is 2.25. The molecule has 1 amide bonds. The second kappa shape index (κ2) is 7.17. The van der Waals surface area contributed by atoms with Crippen LogP contribution in [0.4, 0.5) is 0 Å². The van der Waals surface area contributed by atoms with Gasteiger partial charge in [-0.3, -0.25) is 4.79 Å². The highest BCUT2D eigenvalue weighted by Gasteiger charge is 2.22. The Balaban J connectivity index is 2.67. The van der Waals surface area contributed by atoms with E-state index in [1.54, 1.807) is 0 Å². The summed E-state index contributed by atoms with van der Waals surface area (Å²) in [5.74, 6) is -0.346. The molecule has 0 radical (unpaired) electrons. The number of hydrogen-bond donors (Lipinski definition) is 5. The van der Waals surface area contributed by atoms with Crippen molar-refractivity contribution in [3.8, 4) is 23.8 Å². The third-order valence-electron chi connectivity index (χ3n) is 2.77. The van der Waals surface area contributed by atoms with Gasteiger partial charge in [0, 0.05) is 6.42 Å². The number of rotatable bonds is 6. The Kier molecular flexibility index (Phi) is 5.57. The van der Waals surface area contributed by atoms with Crippen molar-refractivity contribution >= 4 is 11.9 Å². The molecule has 0 bridgehead atoms. The van der Waals surface area contributed by atoms with E-state index >= 15 is 0 Å². The topological polar surface area (TPSA) is 133 Å². The molecule has 2 atom stereocenters. The van der Waals surface area contributed by atoms with Gasteiger partial charge in [-0.15, -0.1) is 12.3 Å². The number of amides is 1. The molecule has 6 N–H and O–H groups in total. The Hall–Kier alpha value is -2.72. The first kappa shape index (κ1) is 16.3. The van der Waals surface area contributed by atoms with Crippen LogP contribution >= 0.6 is 0 Å². The molecule has 7 nitrogen and oxygen atoms in total. The van der Waals surface area contributed by atoms with Gasteiger partial charge in [-0.05, 0) is 24.1 Å². The van der Waals surface area contributed by atoms with E-state index in [1.165, 1.54) is 18.2 Å². The molecule has 21 heavy (non-hydrogen) atoms. The predicted molar refractivity (Wildman–Crippen MR) is 74.5 cm³/mol. The van der Waals surface area contributed by atoms with E-state index in [2.05, 4.69) is 11.2 Å². The first-order chi connectivity index (χ1) is 9.85. The van der Waals surface area contributed by atoms with E-state index in [4.69, 9.17) is 17.3 Å². The van der Waals surface area contributed by atoms with Crippen LogP contribution in [0.3, 0.4) is 0 Å². The number of terminal acetylenes is 1. The van der Waals surface area contributed by atoms with Crippen molar-refractivity contribution in [1.29, 1.82) is 0 Å². The maximum absolute atomic E-state index is 11.8. The molecule has 1 unspecified atom stereocenters. The molecule has 1 aromatic carbocycles. The van der Waals surface area contributed by atoms with Crippen LogP contribution < -0.4 is 11.1 Å². The number of carboxylic acids is 1. The van der Waals surface area contributed by atoms with Crippen LogP contribution in [0.2, 0.25) is 0 Å². The molecule has 0 saturated heterocycles. The fourth-order valence-corrected chi connectivity index (χ4v) is 1.64. The number of carboxylic acid groups (broad SMARTS) is 1. The van der Waals surface area contributed by atoms with Crippen molar-refractivity contribution in [3.63, 3.8) is 0 Å². The van der Waals surface area contributed by atoms with Crippen molar-refractivity contribution in [2.45, 2.75) is 24.9 Å². The quantitative estimate of drug-likeness (QED) is 0.356. The van der Waals surface area contributed by atoms with Crippen molar-refractivity contribution in [2.75, 3.05) is 0 Å². The zero-order valence-electron chi connectivity index (χ0n) is 11.1. The number of phenolic OH excluding ortho intramolecular Hbond substituents is 2. The van der Waals surface area contributed by atoms with Crippen molar-refractivity contribution in [2.24, 2.45) is 5.73 Å². The predicted octanol–water partition coefficient (Wildman–Crippen LogP) is -0.440. The Morgan fingerprint density at radius 3 is 2.52 bits per heavy atom. The minimum atomic E-state index is -1.24. The number of carbonyl (C=O) groups excluding carboxylic acids is 1. The highest BCUT2D eigenvalue weighted by atomic mass is 16.4. The Labute approximate surface area is 121 Å². The number of aromatic hydroxyl groups is 2. The Morgan fingerprint density at radius 2 is 2.00 bits per heavy atom. The van der Waals surface area contributed by atoms with Gasteiger partial charge in [-0.1, -0.05) is 6.07 Å². The van der Waals surface area contributed by atoms with Crippen LogP contribution in [0.15, 0.2) is 18.2 Å². The van der Waals surface area contributed by atoms with Crippen molar-refractivity contribution < 1.29 is 24.9 Å². The number of benzene rings is 1. The lowest BCUT2D eigenvalue weighted by Gasteiger charge is -2.16. The molecule has 0 fully saturated rings. The van der Waals surface area contributed by atoms with Gasteiger partial charge in [0.1, 0.15) is 6.04 Å². The molecular weight excluding hydrogens is 276 g/mol. The molecule has 0 heterocycles. The molecule has 0 aliphatic rings. The van der Waals surface area contributed by atoms with Gasteiger partial charge >= 0.3 is 5.97 Å². The molecular formula is C14H16N2O5. The monoisotopic (exact) mass is 292 g/mol. The summed E-state index contributed by atoms with van der Waals surface area (Å²) in [5, 5.41) is 29.7. The lowest BCUT2D eigenvalue weighted by atomic mass is 10.0. The van der Waals surface area contributed by atoms with E-state index in [9.17, 15) is 19.8 Å². The number of carbonyl (C=O) groups is 2. The Morgan fingerprint density at radius 1 is 1.33 bits per heavy atom. The fourth-order valence-electron chi connectivity index (χ4n) is 1.64. The van der Waals surface area contributed by atoms with Crippen molar-refractivity contribution in [1.82, 2.24) is 5.32 Å². The number of phenols is 2. The van der Waals surface area contributed by atoms with Gasteiger partial charge in [-0.25, -0.2) is 4.79 Å². The van der Waals surface area contributed by atoms with Crippen LogP contribution in [-0.2, 0) is 16.0 Å². The minimum Gasteiger partial charge on any atom is -0.504 e. The van der Waals surface area contributed by atoms with Gasteiger partial charge in [0.05, 0.1) is 6.04 Å². The molecule has 0 aliphatic heterocycles. The van der Waals surface area contributed by atoms with Gasteiger partial charge in [0.25, 0.3) is 0 Å². The summed E-state index contributed by atoms with van der Waals surface area (Å²) >= 11 is 0. The summed E-state index contributed by atoms with van der Waals surface area (Å²) in [5.41, 5.74) is 6.21. The third kappa shape index (κ3) is 4.71. The molecule has 0 saturated carbocycles. The van der Waals surface area contributed by atoms with E-state index in [0.29, 0.717) is 5.56 Å². The molecule has 1 rings (SSSR count). The van der Waals surface area contributed by atoms with Crippen LogP contribution in [-0.4, -0.2) is 39.3 Å². The molecule has 0 aliphatic carbocycles. The van der Waals surface area contributed by atoms with Gasteiger partial charge in [0.15, 0.2) is 11.5 Å². The summed E-state index contributed by atoms with van der Waals surface area (Å²) in [6.07, 6.45) is 4.95. The summed E-state index contributed by atoms with van der Waals surface area (Å²) in [7, 11) is 0. The van der Waals surface area contributed by atoms with Crippen molar-refractivity contribution in [3.05, 3.63) is 23.8 Å². The maximum Gasteiger partial charge on any atom is 0.327 e. The average molecular weight is 292 g/mol. The SMILES string of the molecule is C#CCC(NC(=O)[C@@H](N)Cc1ccc(O)c(O)c1)C(=O)O. The van der Waals surface area contributed by atoms with Crippen LogP contribution in [0.25, 0.3) is 0 Å². The summed E-state index contributed by atoms with van der Waals surface area (Å²) < 4.78 is 0. The smallest absolute Gasteiger partial charge is 0.327 e. The van der Waals surface area contributed by atoms with Crippen LogP contribution in [0.1, 0.15) is 12.0 Å². The first-order valence-electron chi connectivity index (χ1n) is 6.08. The summed E-state index contributed by atoms with van der Waals surface area (Å²) in [6.45, 7) is 0. The average Bonchev–Trinajstić information content (AvgIpc) is 2.42. The third-order valence-corrected chi connectivity index (χ3v) is 2.77. The molecule has 7 heteroatoms. The fraction of sp³-hybridized carbons (Fsp3) is 0.286. The first-order valence-corrected chi connectivity index (χ1v) is 6.08. The van der Waals surface area contributed by atoms with E-state index in [0.717, 1.165) is 0 Å². The number of nitrogens with one attached hydrogen (secondary N) is 1. The largest absolute Gasteiger partial charge is 0.504 e. The lowest BCUT2D eigenvalue weighted by molar-refractivity contribution is -0.141. The zero-order chi connectivity index (χ0) is 16.0. The van der Waals surface area contributed by atoms with Gasteiger partial charge < -0.3 is 26.4 Å². The minimum absolute atomic E-state index is 0.0715. The zero-order valence-corrected chi connectivity index (χ0v) is 11.1. The lowest BCUT2D eigenvalue weighted by Crippen LogP contribution is -2.49. The second-order valence-electron chi connectivity index (χ2n) is 4.44. The van der Waals surface area contributed by atoms with Gasteiger partial charge in [-0.2, -0.15) is 0 Å². The van der Waals surface area contributed by atoms with E-state index < -0.39 is 24.0 Å². The number of aliphatic carboxylic acids is 1. The van der Waals surface area contributed by atoms with E-state index in [-0.39, 0.29) is 24.3 Å². The highest BCUT2D eigenvalue weighted by molar-refractivity contribution is 5.87. The molecule has 0 spiro atoms. The molecule has 0 aromatic heterocycles. The standard InChI is InChI=1S/C14H16N2O5/c1-2-3-10(14(20)21)16-13(19)9(15)6-8-4-5-11(17)12(18)7-8/h1,4-5,7,9-10,17-18H,3,6,15H2,(H,16,19)(H,20,21)/t9-,10?/m0/s1. The van der Waals surface area contributed by atoms with Crippen LogP contribution in [0, 0.1) is 12.3 Å². The number of hydrogen-bond acceptors (Lipinski definition) is 5. The normalized spacial score (nSPS) is 13.0. The Bertz CT molecular complexity index is 579.